The summed E-state index contributed by atoms with van der Waals surface area (Å²) in [4.78, 5) is 11.8. The van der Waals surface area contributed by atoms with Crippen molar-refractivity contribution in [2.45, 2.75) is 6.54 Å². The highest BCUT2D eigenvalue weighted by molar-refractivity contribution is 5.91. The number of amides is 1. The van der Waals surface area contributed by atoms with Crippen LogP contribution in [0.1, 0.15) is 11.1 Å². The van der Waals surface area contributed by atoms with E-state index < -0.39 is 0 Å². The van der Waals surface area contributed by atoms with Crippen LogP contribution in [0.2, 0.25) is 0 Å². The molecule has 0 aliphatic heterocycles. The van der Waals surface area contributed by atoms with Crippen LogP contribution < -0.4 is 14.8 Å². The largest absolute Gasteiger partial charge is 0.493 e. The Bertz CT molecular complexity index is 696. The van der Waals surface area contributed by atoms with E-state index in [1.807, 2.05) is 6.07 Å². The van der Waals surface area contributed by atoms with Gasteiger partial charge in [0.15, 0.2) is 11.5 Å². The predicted octanol–water partition coefficient (Wildman–Crippen LogP) is 3.17. The van der Waals surface area contributed by atoms with Crippen molar-refractivity contribution in [2.24, 2.45) is 0 Å². The molecule has 0 aromatic heterocycles. The van der Waals surface area contributed by atoms with Gasteiger partial charge >= 0.3 is 0 Å². The standard InChI is InChI=1S/C18H18FNO3/c1-22-16-9-5-13(11-17(16)23-2)6-10-18(21)20-12-14-3-7-15(19)8-4-14/h3-11H,12H2,1-2H3,(H,20,21). The molecule has 0 fully saturated rings. The minimum Gasteiger partial charge on any atom is -0.493 e. The summed E-state index contributed by atoms with van der Waals surface area (Å²) in [6, 6.07) is 11.4. The molecule has 2 aromatic carbocycles. The van der Waals surface area contributed by atoms with Crippen LogP contribution in [-0.4, -0.2) is 20.1 Å². The fourth-order valence-corrected chi connectivity index (χ4v) is 1.98. The van der Waals surface area contributed by atoms with E-state index in [0.717, 1.165) is 11.1 Å². The smallest absolute Gasteiger partial charge is 0.244 e. The first-order valence-electron chi connectivity index (χ1n) is 7.05. The molecule has 0 spiro atoms. The first-order valence-corrected chi connectivity index (χ1v) is 7.05. The van der Waals surface area contributed by atoms with Crippen molar-refractivity contribution in [3.05, 3.63) is 65.5 Å². The highest BCUT2D eigenvalue weighted by Crippen LogP contribution is 2.27. The fourth-order valence-electron chi connectivity index (χ4n) is 1.98. The van der Waals surface area contributed by atoms with Crippen LogP contribution >= 0.6 is 0 Å². The van der Waals surface area contributed by atoms with Gasteiger partial charge in [-0.3, -0.25) is 4.79 Å². The van der Waals surface area contributed by atoms with Gasteiger partial charge in [-0.25, -0.2) is 4.39 Å². The summed E-state index contributed by atoms with van der Waals surface area (Å²) >= 11 is 0. The highest BCUT2D eigenvalue weighted by atomic mass is 19.1. The summed E-state index contributed by atoms with van der Waals surface area (Å²) in [7, 11) is 3.12. The van der Waals surface area contributed by atoms with E-state index in [-0.39, 0.29) is 11.7 Å². The van der Waals surface area contributed by atoms with Crippen molar-refractivity contribution in [1.82, 2.24) is 5.32 Å². The number of ether oxygens (including phenoxy) is 2. The Labute approximate surface area is 134 Å². The number of carbonyl (C=O) groups excluding carboxylic acids is 1. The van der Waals surface area contributed by atoms with Crippen molar-refractivity contribution >= 4 is 12.0 Å². The summed E-state index contributed by atoms with van der Waals surface area (Å²) in [5.41, 5.74) is 1.65. The number of carbonyl (C=O) groups is 1. The molecule has 0 atom stereocenters. The highest BCUT2D eigenvalue weighted by Gasteiger charge is 2.03. The Morgan fingerprint density at radius 2 is 1.78 bits per heavy atom. The molecule has 2 aromatic rings. The van der Waals surface area contributed by atoms with Gasteiger partial charge in [-0.1, -0.05) is 18.2 Å². The lowest BCUT2D eigenvalue weighted by atomic mass is 10.2. The van der Waals surface area contributed by atoms with E-state index in [9.17, 15) is 9.18 Å². The maximum absolute atomic E-state index is 12.8. The zero-order valence-corrected chi connectivity index (χ0v) is 13.0. The van der Waals surface area contributed by atoms with E-state index in [2.05, 4.69) is 5.32 Å². The number of benzene rings is 2. The molecule has 5 heteroatoms. The van der Waals surface area contributed by atoms with Gasteiger partial charge in [0.05, 0.1) is 14.2 Å². The quantitative estimate of drug-likeness (QED) is 0.833. The maximum atomic E-state index is 12.8. The maximum Gasteiger partial charge on any atom is 0.244 e. The molecule has 120 valence electrons. The lowest BCUT2D eigenvalue weighted by Crippen LogP contribution is -2.20. The molecule has 0 bridgehead atoms. The SMILES string of the molecule is COc1ccc(C=CC(=O)NCc2ccc(F)cc2)cc1OC. The van der Waals surface area contributed by atoms with Crippen LogP contribution in [0.5, 0.6) is 11.5 Å². The molecule has 4 nitrogen and oxygen atoms in total. The third-order valence-electron chi connectivity index (χ3n) is 3.21. The fraction of sp³-hybridized carbons (Fsp3) is 0.167. The van der Waals surface area contributed by atoms with Crippen molar-refractivity contribution < 1.29 is 18.7 Å². The topological polar surface area (TPSA) is 47.6 Å². The first-order chi connectivity index (χ1) is 11.1. The molecule has 0 aliphatic carbocycles. The summed E-state index contributed by atoms with van der Waals surface area (Å²) < 4.78 is 23.2. The normalized spacial score (nSPS) is 10.6. The zero-order chi connectivity index (χ0) is 16.7. The minimum absolute atomic E-state index is 0.232. The number of hydrogen-bond acceptors (Lipinski definition) is 3. The molecular formula is C18H18FNO3. The van der Waals surface area contributed by atoms with Crippen LogP contribution in [0.3, 0.4) is 0 Å². The Hall–Kier alpha value is -2.82. The molecule has 0 radical (unpaired) electrons. The molecule has 0 unspecified atom stereocenters. The van der Waals surface area contributed by atoms with E-state index in [0.29, 0.717) is 18.0 Å². The molecule has 0 saturated carbocycles. The molecule has 1 amide bonds. The van der Waals surface area contributed by atoms with Crippen LogP contribution in [0, 0.1) is 5.82 Å². The van der Waals surface area contributed by atoms with Gasteiger partial charge in [0.25, 0.3) is 0 Å². The Morgan fingerprint density at radius 3 is 2.43 bits per heavy atom. The molecule has 0 saturated heterocycles. The van der Waals surface area contributed by atoms with Crippen LogP contribution in [0.15, 0.2) is 48.5 Å². The van der Waals surface area contributed by atoms with Crippen LogP contribution in [-0.2, 0) is 11.3 Å². The van der Waals surface area contributed by atoms with E-state index in [4.69, 9.17) is 9.47 Å². The van der Waals surface area contributed by atoms with Crippen LogP contribution in [0.4, 0.5) is 4.39 Å². The number of rotatable bonds is 6. The summed E-state index contributed by atoms with van der Waals surface area (Å²) in [6.07, 6.45) is 3.12. The molecular weight excluding hydrogens is 297 g/mol. The minimum atomic E-state index is -0.298. The Morgan fingerprint density at radius 1 is 1.09 bits per heavy atom. The first kappa shape index (κ1) is 16.5. The second kappa shape index (κ2) is 7.98. The van der Waals surface area contributed by atoms with E-state index in [1.54, 1.807) is 44.6 Å². The number of hydrogen-bond donors (Lipinski definition) is 1. The third kappa shape index (κ3) is 4.85. The van der Waals surface area contributed by atoms with Crippen molar-refractivity contribution in [3.8, 4) is 11.5 Å². The molecule has 2 rings (SSSR count). The van der Waals surface area contributed by atoms with Crippen molar-refractivity contribution in [2.75, 3.05) is 14.2 Å². The van der Waals surface area contributed by atoms with Gasteiger partial charge in [-0.05, 0) is 41.5 Å². The lowest BCUT2D eigenvalue weighted by Gasteiger charge is -2.07. The third-order valence-corrected chi connectivity index (χ3v) is 3.21. The zero-order valence-electron chi connectivity index (χ0n) is 13.0. The Kier molecular flexibility index (Phi) is 5.74. The number of methoxy groups -OCH3 is 2. The average Bonchev–Trinajstić information content (AvgIpc) is 2.59. The number of halogens is 1. The second-order valence-corrected chi connectivity index (χ2v) is 4.79. The molecule has 1 N–H and O–H groups in total. The summed E-state index contributed by atoms with van der Waals surface area (Å²) in [5.74, 6) is 0.698. The van der Waals surface area contributed by atoms with Gasteiger partial charge in [0.1, 0.15) is 5.82 Å². The second-order valence-electron chi connectivity index (χ2n) is 4.79. The van der Waals surface area contributed by atoms with E-state index in [1.165, 1.54) is 18.2 Å². The number of nitrogens with one attached hydrogen (secondary N) is 1. The lowest BCUT2D eigenvalue weighted by molar-refractivity contribution is -0.116. The van der Waals surface area contributed by atoms with Gasteiger partial charge in [0, 0.05) is 12.6 Å². The molecule has 23 heavy (non-hydrogen) atoms. The van der Waals surface area contributed by atoms with Gasteiger partial charge < -0.3 is 14.8 Å². The molecule has 0 heterocycles. The van der Waals surface area contributed by atoms with Crippen molar-refractivity contribution in [1.29, 1.82) is 0 Å². The van der Waals surface area contributed by atoms with E-state index >= 15 is 0 Å². The Balaban J connectivity index is 1.94. The molecule has 0 aliphatic rings. The van der Waals surface area contributed by atoms with Gasteiger partial charge in [-0.15, -0.1) is 0 Å². The predicted molar refractivity (Wildman–Crippen MR) is 86.8 cm³/mol. The average molecular weight is 315 g/mol. The van der Waals surface area contributed by atoms with Gasteiger partial charge in [0.2, 0.25) is 5.91 Å². The van der Waals surface area contributed by atoms with Crippen LogP contribution in [0.25, 0.3) is 6.08 Å². The van der Waals surface area contributed by atoms with Gasteiger partial charge in [-0.2, -0.15) is 0 Å². The monoisotopic (exact) mass is 315 g/mol. The van der Waals surface area contributed by atoms with Crippen molar-refractivity contribution in [3.63, 3.8) is 0 Å². The summed E-state index contributed by atoms with van der Waals surface area (Å²) in [5, 5.41) is 2.74. The summed E-state index contributed by atoms with van der Waals surface area (Å²) in [6.45, 7) is 0.343.